The summed E-state index contributed by atoms with van der Waals surface area (Å²) in [7, 11) is 2.95. The normalized spacial score (nSPS) is 12.4. The summed E-state index contributed by atoms with van der Waals surface area (Å²) in [6.45, 7) is 1.46. The number of rotatable bonds is 10. The van der Waals surface area contributed by atoms with Gasteiger partial charge in [-0.05, 0) is 35.4 Å². The lowest BCUT2D eigenvalue weighted by Crippen LogP contribution is -2.31. The fourth-order valence-corrected chi connectivity index (χ4v) is 3.35. The summed E-state index contributed by atoms with van der Waals surface area (Å²) in [4.78, 5) is 25.0. The molecule has 1 N–H and O–H groups in total. The van der Waals surface area contributed by atoms with Gasteiger partial charge in [0.2, 0.25) is 0 Å². The number of ether oxygens (including phenoxy) is 4. The lowest BCUT2D eigenvalue weighted by Gasteiger charge is -2.23. The van der Waals surface area contributed by atoms with Crippen LogP contribution in [0.25, 0.3) is 0 Å². The van der Waals surface area contributed by atoms with Gasteiger partial charge in [-0.2, -0.15) is 0 Å². The number of Topliss-reactive ketones (excluding diaryl/α,β-unsaturated/α-hetero) is 1. The zero-order chi connectivity index (χ0) is 23.8. The minimum atomic E-state index is -1.67. The highest BCUT2D eigenvalue weighted by atomic mass is 16.6. The van der Waals surface area contributed by atoms with Crippen LogP contribution in [0.2, 0.25) is 0 Å². The maximum atomic E-state index is 13.3. The van der Waals surface area contributed by atoms with Crippen molar-refractivity contribution in [2.45, 2.75) is 25.7 Å². The molecule has 2 atom stereocenters. The molecule has 0 saturated carbocycles. The van der Waals surface area contributed by atoms with Gasteiger partial charge < -0.3 is 24.1 Å². The first-order chi connectivity index (χ1) is 15.9. The average molecular weight is 450 g/mol. The smallest absolute Gasteiger partial charge is 0.303 e. The molecule has 0 saturated heterocycles. The van der Waals surface area contributed by atoms with E-state index >= 15 is 0 Å². The van der Waals surface area contributed by atoms with Crippen LogP contribution < -0.4 is 14.2 Å². The Balaban J connectivity index is 1.89. The van der Waals surface area contributed by atoms with E-state index < -0.39 is 24.0 Å². The quantitative estimate of drug-likeness (QED) is 0.367. The van der Waals surface area contributed by atoms with Crippen LogP contribution in [0.4, 0.5) is 0 Å². The number of para-hydroxylation sites is 1. The summed E-state index contributed by atoms with van der Waals surface area (Å²) in [5.74, 6) is -0.129. The molecule has 0 aliphatic rings. The molecule has 172 valence electrons. The Morgan fingerprint density at radius 1 is 0.848 bits per heavy atom. The Morgan fingerprint density at radius 2 is 1.52 bits per heavy atom. The molecule has 3 aromatic carbocycles. The topological polar surface area (TPSA) is 91.3 Å². The fraction of sp³-hybridized carbons (Fsp3) is 0.231. The first-order valence-corrected chi connectivity index (χ1v) is 10.3. The minimum Gasteiger partial charge on any atom is -0.493 e. The van der Waals surface area contributed by atoms with Crippen LogP contribution in [-0.2, 0) is 16.1 Å². The summed E-state index contributed by atoms with van der Waals surface area (Å²) in [5.41, 5.74) is 1.49. The third-order valence-corrected chi connectivity index (χ3v) is 4.97. The molecule has 0 heterocycles. The first-order valence-electron chi connectivity index (χ1n) is 10.3. The molecule has 0 amide bonds. The van der Waals surface area contributed by atoms with Crippen molar-refractivity contribution >= 4 is 11.8 Å². The van der Waals surface area contributed by atoms with E-state index in [2.05, 4.69) is 0 Å². The standard InChI is InChI=1S/C26H26O7/c1-17(27)33-26(19-13-14-22(30-2)23(15-19)31-3)25(29)24(28)20-11-7-8-12-21(20)32-16-18-9-5-4-6-10-18/h4-15,25-26,29H,16H2,1-3H3. The van der Waals surface area contributed by atoms with Gasteiger partial charge in [0, 0.05) is 6.92 Å². The van der Waals surface area contributed by atoms with Crippen molar-refractivity contribution in [2.24, 2.45) is 0 Å². The van der Waals surface area contributed by atoms with Crippen LogP contribution in [0, 0.1) is 0 Å². The average Bonchev–Trinajstić information content (AvgIpc) is 2.85. The first kappa shape index (κ1) is 23.8. The largest absolute Gasteiger partial charge is 0.493 e. The molecule has 0 spiro atoms. The highest BCUT2D eigenvalue weighted by molar-refractivity contribution is 6.02. The molecular formula is C26H26O7. The van der Waals surface area contributed by atoms with Crippen molar-refractivity contribution in [2.75, 3.05) is 14.2 Å². The maximum absolute atomic E-state index is 13.3. The van der Waals surface area contributed by atoms with Crippen LogP contribution in [0.3, 0.4) is 0 Å². The molecule has 7 nitrogen and oxygen atoms in total. The van der Waals surface area contributed by atoms with Crippen LogP contribution in [0.15, 0.2) is 72.8 Å². The zero-order valence-corrected chi connectivity index (χ0v) is 18.7. The molecule has 0 aliphatic carbocycles. The lowest BCUT2D eigenvalue weighted by atomic mass is 9.96. The highest BCUT2D eigenvalue weighted by Gasteiger charge is 2.33. The van der Waals surface area contributed by atoms with E-state index in [1.54, 1.807) is 42.5 Å². The molecule has 33 heavy (non-hydrogen) atoms. The zero-order valence-electron chi connectivity index (χ0n) is 18.7. The number of carbonyl (C=O) groups is 2. The SMILES string of the molecule is COc1ccc(C(OC(C)=O)C(O)C(=O)c2ccccc2OCc2ccccc2)cc1OC. The van der Waals surface area contributed by atoms with Gasteiger partial charge >= 0.3 is 5.97 Å². The predicted molar refractivity (Wildman–Crippen MR) is 122 cm³/mol. The van der Waals surface area contributed by atoms with Crippen molar-refractivity contribution in [1.82, 2.24) is 0 Å². The third kappa shape index (κ3) is 5.90. The van der Waals surface area contributed by atoms with Crippen LogP contribution in [0.5, 0.6) is 17.2 Å². The van der Waals surface area contributed by atoms with Crippen LogP contribution in [0.1, 0.15) is 34.5 Å². The maximum Gasteiger partial charge on any atom is 0.303 e. The van der Waals surface area contributed by atoms with E-state index in [4.69, 9.17) is 18.9 Å². The van der Waals surface area contributed by atoms with Gasteiger partial charge in [0.25, 0.3) is 0 Å². The number of ketones is 1. The van der Waals surface area contributed by atoms with Crippen molar-refractivity contribution < 1.29 is 33.6 Å². The Labute approximate surface area is 192 Å². The van der Waals surface area contributed by atoms with Gasteiger partial charge in [0.05, 0.1) is 19.8 Å². The minimum absolute atomic E-state index is 0.179. The summed E-state index contributed by atoms with van der Waals surface area (Å²) in [6, 6.07) is 20.9. The van der Waals surface area contributed by atoms with Gasteiger partial charge in [-0.3, -0.25) is 9.59 Å². The number of hydrogen-bond donors (Lipinski definition) is 1. The second-order valence-corrected chi connectivity index (χ2v) is 7.22. The Kier molecular flexibility index (Phi) is 8.05. The van der Waals surface area contributed by atoms with E-state index in [1.165, 1.54) is 21.1 Å². The Bertz CT molecular complexity index is 1090. The number of carbonyl (C=O) groups excluding carboxylic acids is 2. The molecule has 0 radical (unpaired) electrons. The fourth-order valence-electron chi connectivity index (χ4n) is 3.35. The van der Waals surface area contributed by atoms with Crippen molar-refractivity contribution in [3.8, 4) is 17.2 Å². The molecule has 7 heteroatoms. The van der Waals surface area contributed by atoms with Crippen molar-refractivity contribution in [3.63, 3.8) is 0 Å². The van der Waals surface area contributed by atoms with Gasteiger partial charge in [-0.15, -0.1) is 0 Å². The van der Waals surface area contributed by atoms with Gasteiger partial charge in [0.15, 0.2) is 29.5 Å². The summed E-state index contributed by atoms with van der Waals surface area (Å²) >= 11 is 0. The van der Waals surface area contributed by atoms with E-state index in [0.29, 0.717) is 22.8 Å². The summed E-state index contributed by atoms with van der Waals surface area (Å²) < 4.78 is 21.7. The Morgan fingerprint density at radius 3 is 2.18 bits per heavy atom. The van der Waals surface area contributed by atoms with E-state index in [1.807, 2.05) is 30.3 Å². The number of aliphatic hydroxyl groups excluding tert-OH is 1. The van der Waals surface area contributed by atoms with Gasteiger partial charge in [-0.25, -0.2) is 0 Å². The summed E-state index contributed by atoms with van der Waals surface area (Å²) in [6.07, 6.45) is -2.93. The third-order valence-electron chi connectivity index (χ3n) is 4.97. The number of methoxy groups -OCH3 is 2. The molecule has 3 aromatic rings. The van der Waals surface area contributed by atoms with E-state index in [-0.39, 0.29) is 12.2 Å². The molecule has 0 aromatic heterocycles. The van der Waals surface area contributed by atoms with Crippen molar-refractivity contribution in [3.05, 3.63) is 89.5 Å². The molecule has 2 unspecified atom stereocenters. The van der Waals surface area contributed by atoms with E-state index in [0.717, 1.165) is 5.56 Å². The second-order valence-electron chi connectivity index (χ2n) is 7.22. The number of hydrogen-bond acceptors (Lipinski definition) is 7. The van der Waals surface area contributed by atoms with Crippen molar-refractivity contribution in [1.29, 1.82) is 0 Å². The van der Waals surface area contributed by atoms with Gasteiger partial charge in [-0.1, -0.05) is 48.5 Å². The second kappa shape index (κ2) is 11.2. The Hall–Kier alpha value is -3.84. The van der Waals surface area contributed by atoms with Crippen LogP contribution in [-0.4, -0.2) is 37.2 Å². The molecule has 0 bridgehead atoms. The number of esters is 1. The molecule has 0 aliphatic heterocycles. The molecule has 0 fully saturated rings. The van der Waals surface area contributed by atoms with Crippen LogP contribution >= 0.6 is 0 Å². The van der Waals surface area contributed by atoms with Gasteiger partial charge in [0.1, 0.15) is 12.4 Å². The lowest BCUT2D eigenvalue weighted by molar-refractivity contribution is -0.151. The molecule has 3 rings (SSSR count). The molecular weight excluding hydrogens is 424 g/mol. The highest BCUT2D eigenvalue weighted by Crippen LogP contribution is 2.34. The summed E-state index contributed by atoms with van der Waals surface area (Å²) in [5, 5.41) is 11.0. The number of benzene rings is 3. The monoisotopic (exact) mass is 450 g/mol. The number of aliphatic hydroxyl groups is 1. The van der Waals surface area contributed by atoms with E-state index in [9.17, 15) is 14.7 Å². The predicted octanol–water partition coefficient (Wildman–Crippen LogP) is 4.13.